The number of pyridine rings is 1. The number of halogens is 1. The number of amides is 1. The van der Waals surface area contributed by atoms with Crippen LogP contribution in [0.4, 0.5) is 9.80 Å². The number of alkyl carbamates (subject to hydrolysis) is 1. The summed E-state index contributed by atoms with van der Waals surface area (Å²) in [6, 6.07) is 11.6. The van der Waals surface area contributed by atoms with Crippen molar-refractivity contribution < 1.29 is 17.9 Å². The fraction of sp³-hybridized carbons (Fsp3) is 0.227. The maximum Gasteiger partial charge on any atom is 0.412 e. The number of ether oxygens (including phenoxy) is 1. The first-order chi connectivity index (χ1) is 15.5. The molecule has 0 spiro atoms. The molecule has 11 heteroatoms. The van der Waals surface area contributed by atoms with E-state index in [2.05, 4.69) is 15.3 Å². The summed E-state index contributed by atoms with van der Waals surface area (Å²) < 4.78 is 32.6. The largest absolute Gasteiger partial charge is 0.444 e. The molecule has 0 saturated carbocycles. The van der Waals surface area contributed by atoms with E-state index in [0.29, 0.717) is 25.5 Å². The third-order valence-electron chi connectivity index (χ3n) is 4.12. The van der Waals surface area contributed by atoms with Crippen molar-refractivity contribution in [3.8, 4) is 11.1 Å². The molecule has 0 aliphatic carbocycles. The lowest BCUT2D eigenvalue weighted by Crippen LogP contribution is -2.31. The number of carbonyl (C=O) groups is 1. The number of sulfone groups is 1. The predicted molar refractivity (Wildman–Crippen MR) is 134 cm³/mol. The standard InChI is InChI=1S/C22H22ClN3O4S3/c1-22(2,3)30-21(27)26-13-25-18-12-17(20(31-4)32-18)33(28,29)15-8-5-7-14(11-15)16-9-6-10-24-19(16)23/h5-13H,1-4H3,(H,25,26,27). The van der Waals surface area contributed by atoms with Crippen LogP contribution in [0, 0.1) is 0 Å². The zero-order valence-corrected chi connectivity index (χ0v) is 21.5. The molecule has 3 aromatic rings. The Labute approximate surface area is 206 Å². The molecule has 1 N–H and O–H groups in total. The highest BCUT2D eigenvalue weighted by Crippen LogP contribution is 2.41. The van der Waals surface area contributed by atoms with Crippen molar-refractivity contribution in [1.82, 2.24) is 10.3 Å². The molecule has 0 unspecified atom stereocenters. The summed E-state index contributed by atoms with van der Waals surface area (Å²) in [7, 11) is -3.83. The molecular weight excluding hydrogens is 502 g/mol. The lowest BCUT2D eigenvalue weighted by Gasteiger charge is -2.18. The highest BCUT2D eigenvalue weighted by Gasteiger charge is 2.25. The Morgan fingerprint density at radius 1 is 1.24 bits per heavy atom. The molecule has 3 rings (SSSR count). The van der Waals surface area contributed by atoms with Crippen LogP contribution in [0.3, 0.4) is 0 Å². The molecule has 7 nitrogen and oxygen atoms in total. The minimum absolute atomic E-state index is 0.135. The van der Waals surface area contributed by atoms with Gasteiger partial charge in [0, 0.05) is 11.8 Å². The second-order valence-electron chi connectivity index (χ2n) is 7.72. The summed E-state index contributed by atoms with van der Waals surface area (Å²) in [6.07, 6.45) is 3.91. The second-order valence-corrected chi connectivity index (χ2v) is 12.1. The number of thiophene rings is 1. The molecule has 0 aliphatic rings. The van der Waals surface area contributed by atoms with Crippen LogP contribution in [0.25, 0.3) is 11.1 Å². The Balaban J connectivity index is 1.89. The summed E-state index contributed by atoms with van der Waals surface area (Å²) in [6.45, 7) is 5.26. The van der Waals surface area contributed by atoms with Crippen LogP contribution in [0.15, 0.2) is 67.7 Å². The Kier molecular flexibility index (Phi) is 7.84. The molecule has 0 saturated heterocycles. The van der Waals surface area contributed by atoms with E-state index in [1.165, 1.54) is 41.6 Å². The molecule has 0 aliphatic heterocycles. The summed E-state index contributed by atoms with van der Waals surface area (Å²) in [4.78, 5) is 20.3. The molecule has 174 valence electrons. The predicted octanol–water partition coefficient (Wildman–Crippen LogP) is 6.20. The number of carbonyl (C=O) groups excluding carboxylic acids is 1. The fourth-order valence-electron chi connectivity index (χ4n) is 2.75. The number of hydrogen-bond acceptors (Lipinski definition) is 8. The zero-order valence-electron chi connectivity index (χ0n) is 18.3. The van der Waals surface area contributed by atoms with Gasteiger partial charge in [-0.2, -0.15) is 0 Å². The van der Waals surface area contributed by atoms with Gasteiger partial charge >= 0.3 is 6.09 Å². The van der Waals surface area contributed by atoms with Crippen LogP contribution in [0.2, 0.25) is 5.15 Å². The lowest BCUT2D eigenvalue weighted by molar-refractivity contribution is 0.0565. The molecule has 1 amide bonds. The van der Waals surface area contributed by atoms with Crippen molar-refractivity contribution in [2.24, 2.45) is 4.99 Å². The Hall–Kier alpha value is -2.40. The molecule has 0 bridgehead atoms. The van der Waals surface area contributed by atoms with Crippen molar-refractivity contribution in [2.45, 2.75) is 40.4 Å². The molecule has 33 heavy (non-hydrogen) atoms. The SMILES string of the molecule is CSc1sc(/N=C/NC(=O)OC(C)(C)C)cc1S(=O)(=O)c1cccc(-c2cccnc2Cl)c1. The lowest BCUT2D eigenvalue weighted by atomic mass is 10.1. The summed E-state index contributed by atoms with van der Waals surface area (Å²) in [5.41, 5.74) is 0.655. The number of aromatic nitrogens is 1. The number of benzene rings is 1. The van der Waals surface area contributed by atoms with Gasteiger partial charge in [0.25, 0.3) is 0 Å². The maximum absolute atomic E-state index is 13.4. The normalized spacial score (nSPS) is 12.2. The van der Waals surface area contributed by atoms with Gasteiger partial charge < -0.3 is 4.74 Å². The van der Waals surface area contributed by atoms with E-state index in [9.17, 15) is 13.2 Å². The van der Waals surface area contributed by atoms with Crippen LogP contribution >= 0.6 is 34.7 Å². The Morgan fingerprint density at radius 3 is 2.67 bits per heavy atom. The van der Waals surface area contributed by atoms with Crippen molar-refractivity contribution in [3.05, 3.63) is 53.8 Å². The topological polar surface area (TPSA) is 97.7 Å². The minimum atomic E-state index is -3.83. The highest BCUT2D eigenvalue weighted by molar-refractivity contribution is 8.01. The minimum Gasteiger partial charge on any atom is -0.444 e. The van der Waals surface area contributed by atoms with Gasteiger partial charge in [0.1, 0.15) is 15.8 Å². The molecule has 0 fully saturated rings. The third-order valence-corrected chi connectivity index (χ3v) is 8.63. The zero-order chi connectivity index (χ0) is 24.2. The number of nitrogens with zero attached hydrogens (tertiary/aromatic N) is 2. The van der Waals surface area contributed by atoms with Crippen molar-refractivity contribution in [2.75, 3.05) is 6.26 Å². The van der Waals surface area contributed by atoms with E-state index < -0.39 is 21.5 Å². The summed E-state index contributed by atoms with van der Waals surface area (Å²) in [5.74, 6) is 0. The van der Waals surface area contributed by atoms with Crippen LogP contribution in [0.5, 0.6) is 0 Å². The summed E-state index contributed by atoms with van der Waals surface area (Å²) >= 11 is 8.70. The average molecular weight is 524 g/mol. The molecule has 1 aromatic carbocycles. The monoisotopic (exact) mass is 523 g/mol. The van der Waals surface area contributed by atoms with Crippen molar-refractivity contribution in [1.29, 1.82) is 0 Å². The first-order valence-corrected chi connectivity index (χ1v) is 13.6. The highest BCUT2D eigenvalue weighted by atomic mass is 35.5. The number of aliphatic imine (C=N–C) groups is 1. The van der Waals surface area contributed by atoms with Crippen LogP contribution in [-0.2, 0) is 14.6 Å². The molecule has 0 atom stereocenters. The van der Waals surface area contributed by atoms with E-state index >= 15 is 0 Å². The average Bonchev–Trinajstić information content (AvgIpc) is 3.17. The molecular formula is C22H22ClN3O4S3. The van der Waals surface area contributed by atoms with Gasteiger partial charge in [-0.15, -0.1) is 23.1 Å². The van der Waals surface area contributed by atoms with Gasteiger partial charge in [-0.1, -0.05) is 23.7 Å². The van der Waals surface area contributed by atoms with E-state index in [1.54, 1.807) is 63.6 Å². The smallest absolute Gasteiger partial charge is 0.412 e. The quantitative estimate of drug-likeness (QED) is 0.179. The molecule has 0 radical (unpaired) electrons. The van der Waals surface area contributed by atoms with Crippen molar-refractivity contribution in [3.63, 3.8) is 0 Å². The Bertz CT molecular complexity index is 1300. The number of rotatable bonds is 6. The van der Waals surface area contributed by atoms with Gasteiger partial charge in [-0.05, 0) is 62.9 Å². The van der Waals surface area contributed by atoms with Crippen molar-refractivity contribution >= 4 is 62.0 Å². The van der Waals surface area contributed by atoms with Crippen LogP contribution in [0.1, 0.15) is 20.8 Å². The van der Waals surface area contributed by atoms with Crippen LogP contribution in [-0.4, -0.2) is 37.7 Å². The van der Waals surface area contributed by atoms with E-state index in [1.807, 2.05) is 0 Å². The fourth-order valence-corrected chi connectivity index (χ4v) is 6.85. The van der Waals surface area contributed by atoms with Crippen LogP contribution < -0.4 is 5.32 Å². The van der Waals surface area contributed by atoms with Gasteiger partial charge in [0.15, 0.2) is 0 Å². The molecule has 2 aromatic heterocycles. The van der Waals surface area contributed by atoms with E-state index in [4.69, 9.17) is 16.3 Å². The second kappa shape index (κ2) is 10.3. The van der Waals surface area contributed by atoms with E-state index in [-0.39, 0.29) is 9.79 Å². The van der Waals surface area contributed by atoms with E-state index in [0.717, 1.165) is 0 Å². The summed E-state index contributed by atoms with van der Waals surface area (Å²) in [5, 5.41) is 3.14. The van der Waals surface area contributed by atoms with Gasteiger partial charge in [-0.3, -0.25) is 5.32 Å². The first kappa shape index (κ1) is 25.2. The van der Waals surface area contributed by atoms with Gasteiger partial charge in [-0.25, -0.2) is 23.2 Å². The Morgan fingerprint density at radius 2 is 2.00 bits per heavy atom. The molecule has 2 heterocycles. The maximum atomic E-state index is 13.4. The third kappa shape index (κ3) is 6.35. The number of hydrogen-bond donors (Lipinski definition) is 1. The number of thioether (sulfide) groups is 1. The van der Waals surface area contributed by atoms with Gasteiger partial charge in [0.05, 0.1) is 20.3 Å². The van der Waals surface area contributed by atoms with Gasteiger partial charge in [0.2, 0.25) is 9.84 Å². The number of nitrogens with one attached hydrogen (secondary N) is 1. The first-order valence-electron chi connectivity index (χ1n) is 9.67.